The summed E-state index contributed by atoms with van der Waals surface area (Å²) in [6.07, 6.45) is 7.46. The largest absolute Gasteiger partial charge is 1.00 e. The summed E-state index contributed by atoms with van der Waals surface area (Å²) >= 11 is -2.84. The number of ether oxygens (including phenoxy) is 1. The summed E-state index contributed by atoms with van der Waals surface area (Å²) < 4.78 is 105. The van der Waals surface area contributed by atoms with E-state index in [1.54, 1.807) is 0 Å². The maximum absolute atomic E-state index is 12.4. The summed E-state index contributed by atoms with van der Waals surface area (Å²) in [7, 11) is -8.74. The van der Waals surface area contributed by atoms with E-state index in [2.05, 4.69) is 31.1 Å². The Bertz CT molecular complexity index is 1830. The van der Waals surface area contributed by atoms with Gasteiger partial charge in [-0.3, -0.25) is 8.98 Å². The van der Waals surface area contributed by atoms with Crippen molar-refractivity contribution in [3.05, 3.63) is 0 Å². The number of fused-ring (bicyclic) bond motifs is 1. The van der Waals surface area contributed by atoms with Crippen molar-refractivity contribution < 1.29 is 110 Å². The van der Waals surface area contributed by atoms with Crippen LogP contribution in [0, 0.1) is 11.8 Å². The number of aliphatic hydroxyl groups excluding tert-OH is 1. The first-order valence-electron chi connectivity index (χ1n) is 22.1. The van der Waals surface area contributed by atoms with Crippen LogP contribution in [-0.4, -0.2) is 136 Å². The van der Waals surface area contributed by atoms with Crippen LogP contribution in [0.15, 0.2) is 30.7 Å². The number of nitrogens with one attached hydrogen (secondary N) is 2. The molecule has 64 heavy (non-hydrogen) atoms. The number of hydrogen-bond acceptors (Lipinski definition) is 19. The molecule has 6 aliphatic carbocycles. The van der Waals surface area contributed by atoms with Crippen molar-refractivity contribution in [1.82, 2.24) is 10.6 Å². The van der Waals surface area contributed by atoms with Gasteiger partial charge in [0.2, 0.25) is 5.91 Å². The minimum absolute atomic E-state index is 0. The van der Waals surface area contributed by atoms with Gasteiger partial charge in [0, 0.05) is 25.6 Å². The topological polar surface area (TPSA) is 309 Å². The van der Waals surface area contributed by atoms with E-state index in [0.717, 1.165) is 12.8 Å². The van der Waals surface area contributed by atoms with Crippen LogP contribution in [0.1, 0.15) is 129 Å². The number of amides is 1. The summed E-state index contributed by atoms with van der Waals surface area (Å²) in [4.78, 5) is 12.4. The molecule has 0 aromatic rings. The van der Waals surface area contributed by atoms with E-state index in [0.29, 0.717) is 96.5 Å². The van der Waals surface area contributed by atoms with Gasteiger partial charge in [-0.25, -0.2) is 21.0 Å². The van der Waals surface area contributed by atoms with Crippen LogP contribution in [-0.2, 0) is 45.3 Å². The van der Waals surface area contributed by atoms with Gasteiger partial charge in [0.1, 0.15) is 12.1 Å². The van der Waals surface area contributed by atoms with E-state index in [4.69, 9.17) is 19.1 Å². The second-order valence-corrected chi connectivity index (χ2v) is 22.0. The predicted octanol–water partition coefficient (Wildman–Crippen LogP) is -5.49. The summed E-state index contributed by atoms with van der Waals surface area (Å²) in [5.41, 5.74) is 0. The van der Waals surface area contributed by atoms with Crippen LogP contribution in [0.3, 0.4) is 0 Å². The van der Waals surface area contributed by atoms with Crippen LogP contribution in [0.25, 0.3) is 0 Å². The van der Waals surface area contributed by atoms with Crippen molar-refractivity contribution in [3.8, 4) is 0 Å². The first-order chi connectivity index (χ1) is 29.0. The number of azo groups is 3. The van der Waals surface area contributed by atoms with E-state index in [1.807, 2.05) is 6.92 Å². The van der Waals surface area contributed by atoms with Gasteiger partial charge in [0.15, 0.2) is 0 Å². The first kappa shape index (κ1) is 58.1. The average molecular weight is 941 g/mol. The third-order valence-electron chi connectivity index (χ3n) is 13.9. The van der Waals surface area contributed by atoms with Crippen LogP contribution < -0.4 is 67.2 Å². The number of nitrogens with zero attached hydrogens (tertiary/aromatic N) is 6. The van der Waals surface area contributed by atoms with Crippen LogP contribution in [0.4, 0.5) is 0 Å². The molecule has 0 heterocycles. The van der Waals surface area contributed by atoms with Crippen LogP contribution >= 0.6 is 0 Å². The molecule has 0 radical (unpaired) electrons. The Hall–Kier alpha value is -0.168. The third-order valence-corrected chi connectivity index (χ3v) is 16.8. The van der Waals surface area contributed by atoms with Crippen molar-refractivity contribution in [1.29, 1.82) is 0 Å². The fourth-order valence-electron chi connectivity index (χ4n) is 10.8. The summed E-state index contributed by atoms with van der Waals surface area (Å²) in [5, 5.41) is 44.1. The molecule has 6 aliphatic rings. The monoisotopic (exact) mass is 940 g/mol. The van der Waals surface area contributed by atoms with Gasteiger partial charge in [-0.15, -0.1) is 0 Å². The molecule has 0 aliphatic heterocycles. The average Bonchev–Trinajstić information content (AvgIpc) is 3.19. The summed E-state index contributed by atoms with van der Waals surface area (Å²) in [6, 6.07) is -2.85. The van der Waals surface area contributed by atoms with E-state index in [1.165, 1.54) is 6.92 Å². The van der Waals surface area contributed by atoms with Gasteiger partial charge in [0.25, 0.3) is 0 Å². The number of hydrogen-bond donors (Lipinski definition) is 3. The molecule has 20 nitrogen and oxygen atoms in total. The van der Waals surface area contributed by atoms with Crippen LogP contribution in [0.2, 0.25) is 0 Å². The van der Waals surface area contributed by atoms with Gasteiger partial charge in [0.05, 0.1) is 90.6 Å². The van der Waals surface area contributed by atoms with Gasteiger partial charge in [-0.2, -0.15) is 30.7 Å². The molecule has 6 fully saturated rings. The smallest absolute Gasteiger partial charge is 0.750 e. The minimum Gasteiger partial charge on any atom is -0.750 e. The molecule has 26 heteroatoms. The Morgan fingerprint density at radius 1 is 0.688 bits per heavy atom. The van der Waals surface area contributed by atoms with Crippen molar-refractivity contribution in [2.24, 2.45) is 42.5 Å². The van der Waals surface area contributed by atoms with Gasteiger partial charge in [-0.1, -0.05) is 12.8 Å². The quantitative estimate of drug-likeness (QED) is 0.0598. The Kier molecular flexibility index (Phi) is 24.3. The van der Waals surface area contributed by atoms with Gasteiger partial charge < -0.3 is 34.1 Å². The van der Waals surface area contributed by atoms with Crippen molar-refractivity contribution >= 4 is 37.5 Å². The SMILES string of the molecule is CCOC1CC(N=NC2CCCC(S(=O)(=O)[O-])C2)CCC1N=NC1CCC(N=NC2C(OS(=O)[O-])CC3CCC(NC4CCCC(S(=O)(=O)[O-])C4)CC3C2O)CC1NC(C)=O.[Li+].[Li+].[Li+]. The fourth-order valence-corrected chi connectivity index (χ4v) is 13.0. The fraction of sp³-hybridized carbons (Fsp3) is 0.974. The predicted molar refractivity (Wildman–Crippen MR) is 218 cm³/mol. The Balaban J connectivity index is 0.00000363. The third kappa shape index (κ3) is 16.8. The zero-order valence-electron chi connectivity index (χ0n) is 38.0. The van der Waals surface area contributed by atoms with E-state index >= 15 is 0 Å². The van der Waals surface area contributed by atoms with E-state index in [-0.39, 0.29) is 136 Å². The Morgan fingerprint density at radius 3 is 1.91 bits per heavy atom. The first-order valence-corrected chi connectivity index (χ1v) is 26.1. The molecule has 0 bridgehead atoms. The Morgan fingerprint density at radius 2 is 1.27 bits per heavy atom. The second kappa shape index (κ2) is 26.7. The molecule has 0 aromatic heterocycles. The maximum Gasteiger partial charge on any atom is 1.00 e. The molecule has 17 atom stereocenters. The minimum atomic E-state index is -4.38. The van der Waals surface area contributed by atoms with Crippen molar-refractivity contribution in [3.63, 3.8) is 0 Å². The molecule has 3 N–H and O–H groups in total. The molecule has 6 rings (SSSR count). The zero-order valence-corrected chi connectivity index (χ0v) is 40.5. The molecule has 348 valence electrons. The standard InChI is InChI=1S/C38H66N8O12S3.3Li/c1-3-57-35-21-28(42-41-26-7-5-9-30(18-26)61(54,55)56)13-15-33(35)45-44-32-14-12-27(20-34(32)39-22(2)47)43-46-37-36(58-59(49)50)16-23-10-11-25(19-31(23)38(37)48)40-24-6-4-8-29(17-24)60(51,52)53;;;/h23-38,40,48H,3-21H2,1-2H3,(H,39,47)(H,49,50)(H,51,52,53)(H,54,55,56);;;/q;3*+1/p-3. The molecule has 6 saturated carbocycles. The normalized spacial score (nSPS) is 39.2. The molecule has 0 saturated heterocycles. The molecular formula is C38H63Li3N8O12S3. The maximum atomic E-state index is 12.4. The molecule has 0 aromatic carbocycles. The van der Waals surface area contributed by atoms with Crippen molar-refractivity contribution in [2.45, 2.75) is 213 Å². The second-order valence-electron chi connectivity index (χ2n) is 18.1. The van der Waals surface area contributed by atoms with Crippen molar-refractivity contribution in [2.75, 3.05) is 6.61 Å². The number of carbonyl (C=O) groups is 1. The van der Waals surface area contributed by atoms with E-state index < -0.39 is 66.4 Å². The summed E-state index contributed by atoms with van der Waals surface area (Å²) in [5.74, 6) is -0.476. The molecule has 1 amide bonds. The summed E-state index contributed by atoms with van der Waals surface area (Å²) in [6.45, 7) is 3.79. The number of aliphatic hydroxyl groups is 1. The Labute approximate surface area is 417 Å². The molecular weight excluding hydrogens is 877 g/mol. The zero-order chi connectivity index (χ0) is 43.9. The van der Waals surface area contributed by atoms with Gasteiger partial charge in [-0.05, 0) is 121 Å². The molecule has 17 unspecified atom stereocenters. The van der Waals surface area contributed by atoms with E-state index in [9.17, 15) is 44.6 Å². The van der Waals surface area contributed by atoms with Gasteiger partial charge >= 0.3 is 56.6 Å². The number of rotatable bonds is 15. The number of carbonyl (C=O) groups excluding carboxylic acids is 1. The molecule has 0 spiro atoms. The van der Waals surface area contributed by atoms with Crippen LogP contribution in [0.5, 0.6) is 0 Å².